The second kappa shape index (κ2) is 8.39. The molecule has 1 aromatic carbocycles. The summed E-state index contributed by atoms with van der Waals surface area (Å²) in [5.41, 5.74) is -0.483. The average Bonchev–Trinajstić information content (AvgIpc) is 3.40. The Bertz CT molecular complexity index is 1170. The standard InChI is InChI=1S/C18H15FN6O6/c19-13-8-12(9-30-16(26)11-4-2-1-3-5-11)31-15(13)23-7-6-14(21-18(23)27)24-10-20-17(22-24)25(28)29/h1-7,10,12-13,15H,8-9H2/t12-,13-,15+/m0/s1. The highest BCUT2D eigenvalue weighted by molar-refractivity contribution is 5.89. The Labute approximate surface area is 173 Å². The number of esters is 1. The lowest BCUT2D eigenvalue weighted by molar-refractivity contribution is -0.394. The highest BCUT2D eigenvalue weighted by Gasteiger charge is 2.38. The lowest BCUT2D eigenvalue weighted by Crippen LogP contribution is -2.31. The molecule has 2 aromatic heterocycles. The summed E-state index contributed by atoms with van der Waals surface area (Å²) in [6.07, 6.45) is -1.31. The number of alkyl halides is 1. The van der Waals surface area contributed by atoms with Gasteiger partial charge in [0, 0.05) is 23.8 Å². The zero-order chi connectivity index (χ0) is 22.0. The summed E-state index contributed by atoms with van der Waals surface area (Å²) in [6, 6.07) is 9.65. The summed E-state index contributed by atoms with van der Waals surface area (Å²) in [6.45, 7) is -0.173. The third-order valence-electron chi connectivity index (χ3n) is 4.51. The fourth-order valence-corrected chi connectivity index (χ4v) is 3.05. The van der Waals surface area contributed by atoms with Crippen LogP contribution in [-0.4, -0.2) is 54.1 Å². The minimum Gasteiger partial charge on any atom is -0.459 e. The summed E-state index contributed by atoms with van der Waals surface area (Å²) in [5, 5.41) is 14.3. The number of ether oxygens (including phenoxy) is 2. The van der Waals surface area contributed by atoms with Gasteiger partial charge in [-0.05, 0) is 17.1 Å². The van der Waals surface area contributed by atoms with Crippen molar-refractivity contribution in [2.75, 3.05) is 6.61 Å². The van der Waals surface area contributed by atoms with Crippen molar-refractivity contribution in [3.8, 4) is 5.82 Å². The molecular weight excluding hydrogens is 415 g/mol. The van der Waals surface area contributed by atoms with Crippen LogP contribution in [0.4, 0.5) is 10.3 Å². The van der Waals surface area contributed by atoms with Crippen LogP contribution in [0.1, 0.15) is 23.0 Å². The van der Waals surface area contributed by atoms with Crippen LogP contribution in [0.15, 0.2) is 53.7 Å². The van der Waals surface area contributed by atoms with E-state index < -0.39 is 41.0 Å². The van der Waals surface area contributed by atoms with Crippen LogP contribution in [-0.2, 0) is 9.47 Å². The maximum absolute atomic E-state index is 14.5. The lowest BCUT2D eigenvalue weighted by atomic mass is 10.2. The van der Waals surface area contributed by atoms with Crippen LogP contribution in [0.25, 0.3) is 5.82 Å². The van der Waals surface area contributed by atoms with E-state index in [1.54, 1.807) is 30.3 Å². The molecule has 3 aromatic rings. The van der Waals surface area contributed by atoms with Crippen molar-refractivity contribution in [3.05, 3.63) is 75.1 Å². The van der Waals surface area contributed by atoms with E-state index >= 15 is 0 Å². The maximum atomic E-state index is 14.5. The molecule has 1 fully saturated rings. The predicted octanol–water partition coefficient (Wildman–Crippen LogP) is 1.21. The van der Waals surface area contributed by atoms with E-state index in [2.05, 4.69) is 15.1 Å². The molecule has 31 heavy (non-hydrogen) atoms. The number of nitrogens with zero attached hydrogens (tertiary/aromatic N) is 6. The normalized spacial score (nSPS) is 20.5. The summed E-state index contributed by atoms with van der Waals surface area (Å²) in [7, 11) is 0. The van der Waals surface area contributed by atoms with Gasteiger partial charge < -0.3 is 19.6 Å². The van der Waals surface area contributed by atoms with E-state index in [0.29, 0.717) is 5.56 Å². The Hall–Kier alpha value is -4.00. The molecule has 3 heterocycles. The Morgan fingerprint density at radius 3 is 2.77 bits per heavy atom. The third kappa shape index (κ3) is 4.30. The van der Waals surface area contributed by atoms with E-state index in [1.807, 2.05) is 0 Å². The Morgan fingerprint density at radius 1 is 1.32 bits per heavy atom. The molecule has 3 atom stereocenters. The first-order valence-electron chi connectivity index (χ1n) is 9.09. The molecule has 0 aliphatic carbocycles. The van der Waals surface area contributed by atoms with Crippen LogP contribution in [0.2, 0.25) is 0 Å². The fraction of sp³-hybridized carbons (Fsp3) is 0.278. The molecule has 1 aliphatic rings. The number of hydrogen-bond acceptors (Lipinski definition) is 9. The van der Waals surface area contributed by atoms with Crippen molar-refractivity contribution in [1.82, 2.24) is 24.3 Å². The molecule has 0 N–H and O–H groups in total. The van der Waals surface area contributed by atoms with Gasteiger partial charge in [0.2, 0.25) is 6.33 Å². The van der Waals surface area contributed by atoms with Gasteiger partial charge in [-0.2, -0.15) is 4.98 Å². The number of hydrogen-bond donors (Lipinski definition) is 0. The molecule has 4 rings (SSSR count). The van der Waals surface area contributed by atoms with Crippen molar-refractivity contribution in [1.29, 1.82) is 0 Å². The SMILES string of the molecule is O=C(OC[C@@H]1C[C@H](F)[C@H](n2ccc(-n3cnc([N+](=O)[O-])n3)nc2=O)O1)c1ccccc1. The Morgan fingerprint density at radius 2 is 2.10 bits per heavy atom. The lowest BCUT2D eigenvalue weighted by Gasteiger charge is -2.16. The number of carbonyl (C=O) groups excluding carboxylic acids is 1. The van der Waals surface area contributed by atoms with Crippen LogP contribution in [0.3, 0.4) is 0 Å². The van der Waals surface area contributed by atoms with Gasteiger partial charge in [0.25, 0.3) is 0 Å². The number of carbonyl (C=O) groups is 1. The monoisotopic (exact) mass is 430 g/mol. The van der Waals surface area contributed by atoms with E-state index in [-0.39, 0.29) is 18.8 Å². The van der Waals surface area contributed by atoms with E-state index in [9.17, 15) is 24.1 Å². The zero-order valence-electron chi connectivity index (χ0n) is 15.8. The topological polar surface area (TPSA) is 144 Å². The third-order valence-corrected chi connectivity index (χ3v) is 4.51. The molecule has 0 saturated carbocycles. The quantitative estimate of drug-likeness (QED) is 0.320. The highest BCUT2D eigenvalue weighted by atomic mass is 19.1. The number of nitro groups is 1. The van der Waals surface area contributed by atoms with Crippen LogP contribution < -0.4 is 5.69 Å². The molecule has 160 valence electrons. The number of halogens is 1. The second-order valence-corrected chi connectivity index (χ2v) is 6.59. The van der Waals surface area contributed by atoms with Crippen molar-refractivity contribution in [2.24, 2.45) is 0 Å². The van der Waals surface area contributed by atoms with Gasteiger partial charge in [0.15, 0.2) is 12.0 Å². The molecule has 1 aliphatic heterocycles. The predicted molar refractivity (Wildman–Crippen MR) is 100 cm³/mol. The minimum absolute atomic E-state index is 0.0244. The molecule has 0 unspecified atom stereocenters. The number of aromatic nitrogens is 5. The summed E-state index contributed by atoms with van der Waals surface area (Å²) < 4.78 is 27.1. The van der Waals surface area contributed by atoms with Crippen LogP contribution in [0.5, 0.6) is 0 Å². The Kier molecular flexibility index (Phi) is 5.49. The highest BCUT2D eigenvalue weighted by Crippen LogP contribution is 2.30. The summed E-state index contributed by atoms with van der Waals surface area (Å²) in [5.74, 6) is -1.24. The van der Waals surface area contributed by atoms with Gasteiger partial charge in [-0.25, -0.2) is 14.0 Å². The van der Waals surface area contributed by atoms with Gasteiger partial charge in [0.1, 0.15) is 12.8 Å². The molecule has 12 nitrogen and oxygen atoms in total. The second-order valence-electron chi connectivity index (χ2n) is 6.59. The van der Waals surface area contributed by atoms with Gasteiger partial charge in [0.05, 0.1) is 11.7 Å². The first-order valence-corrected chi connectivity index (χ1v) is 9.09. The molecule has 0 spiro atoms. The van der Waals surface area contributed by atoms with Gasteiger partial charge in [-0.15, -0.1) is 4.68 Å². The van der Waals surface area contributed by atoms with Crippen LogP contribution in [0, 0.1) is 10.1 Å². The summed E-state index contributed by atoms with van der Waals surface area (Å²) in [4.78, 5) is 41.5. The van der Waals surface area contributed by atoms with E-state index in [0.717, 1.165) is 15.6 Å². The number of rotatable bonds is 6. The smallest absolute Gasteiger partial charge is 0.459 e. The molecule has 13 heteroatoms. The number of benzene rings is 1. The minimum atomic E-state index is -1.53. The Balaban J connectivity index is 1.43. The average molecular weight is 430 g/mol. The molecular formula is C18H15FN6O6. The van der Waals surface area contributed by atoms with E-state index in [4.69, 9.17) is 9.47 Å². The van der Waals surface area contributed by atoms with E-state index in [1.165, 1.54) is 12.3 Å². The molecule has 1 saturated heterocycles. The first-order chi connectivity index (χ1) is 14.9. The van der Waals surface area contributed by atoms with Crippen molar-refractivity contribution in [3.63, 3.8) is 0 Å². The van der Waals surface area contributed by atoms with Crippen molar-refractivity contribution in [2.45, 2.75) is 24.9 Å². The van der Waals surface area contributed by atoms with Crippen LogP contribution >= 0.6 is 0 Å². The molecule has 0 amide bonds. The first kappa shape index (κ1) is 20.3. The summed E-state index contributed by atoms with van der Waals surface area (Å²) >= 11 is 0. The van der Waals surface area contributed by atoms with Crippen molar-refractivity contribution >= 4 is 11.9 Å². The van der Waals surface area contributed by atoms with Gasteiger partial charge in [-0.1, -0.05) is 23.2 Å². The fourth-order valence-electron chi connectivity index (χ4n) is 3.05. The maximum Gasteiger partial charge on any atom is 0.491 e. The molecule has 0 bridgehead atoms. The van der Waals surface area contributed by atoms with Gasteiger partial charge in [-0.3, -0.25) is 4.57 Å². The largest absolute Gasteiger partial charge is 0.491 e. The zero-order valence-corrected chi connectivity index (χ0v) is 15.8. The van der Waals surface area contributed by atoms with Gasteiger partial charge >= 0.3 is 17.6 Å². The van der Waals surface area contributed by atoms with Crippen molar-refractivity contribution < 1.29 is 23.6 Å². The molecule has 0 radical (unpaired) electrons.